The van der Waals surface area contributed by atoms with Gasteiger partial charge in [0, 0.05) is 5.41 Å². The van der Waals surface area contributed by atoms with Crippen molar-refractivity contribution < 1.29 is 19.7 Å². The quantitative estimate of drug-likeness (QED) is 0.860. The Morgan fingerprint density at radius 2 is 2.00 bits per heavy atom. The highest BCUT2D eigenvalue weighted by atomic mass is 16.5. The number of ketones is 1. The smallest absolute Gasteiger partial charge is 0.161 e. The first-order chi connectivity index (χ1) is 11.8. The molecule has 25 heavy (non-hydrogen) atoms. The van der Waals surface area contributed by atoms with Crippen molar-refractivity contribution in [2.75, 3.05) is 7.11 Å². The fourth-order valence-corrected chi connectivity index (χ4v) is 6.35. The number of aromatic hydroxyl groups is 1. The average molecular weight is 344 g/mol. The van der Waals surface area contributed by atoms with Gasteiger partial charge in [-0.15, -0.1) is 0 Å². The van der Waals surface area contributed by atoms with E-state index in [4.69, 9.17) is 4.74 Å². The van der Waals surface area contributed by atoms with Gasteiger partial charge in [-0.05, 0) is 86.5 Å². The molecule has 0 heterocycles. The number of aryl methyl sites for hydroxylation is 1. The van der Waals surface area contributed by atoms with Gasteiger partial charge >= 0.3 is 0 Å². The molecule has 0 amide bonds. The van der Waals surface area contributed by atoms with Crippen LogP contribution in [0.2, 0.25) is 0 Å². The van der Waals surface area contributed by atoms with Crippen molar-refractivity contribution >= 4 is 5.78 Å². The summed E-state index contributed by atoms with van der Waals surface area (Å²) in [5.41, 5.74) is 1.06. The number of rotatable bonds is 2. The number of carbonyl (C=O) groups is 1. The van der Waals surface area contributed by atoms with Crippen LogP contribution in [-0.4, -0.2) is 28.7 Å². The molecule has 4 nitrogen and oxygen atoms in total. The SMILES string of the molecule is COc1cc2c(cc1O)CC[C@@H]1[C@@H]2CC[C@@]2(C)[C@H]1CCC2(O)C(C)=O. The van der Waals surface area contributed by atoms with E-state index in [1.807, 2.05) is 12.1 Å². The van der Waals surface area contributed by atoms with Crippen molar-refractivity contribution in [2.24, 2.45) is 17.3 Å². The van der Waals surface area contributed by atoms with E-state index in [1.165, 1.54) is 11.1 Å². The summed E-state index contributed by atoms with van der Waals surface area (Å²) in [6.45, 7) is 3.68. The van der Waals surface area contributed by atoms with Gasteiger partial charge in [-0.2, -0.15) is 0 Å². The zero-order valence-corrected chi connectivity index (χ0v) is 15.3. The minimum absolute atomic E-state index is 0.0706. The lowest BCUT2D eigenvalue weighted by molar-refractivity contribution is -0.154. The van der Waals surface area contributed by atoms with Gasteiger partial charge in [0.2, 0.25) is 0 Å². The summed E-state index contributed by atoms with van der Waals surface area (Å²) in [6.07, 6.45) is 5.39. The maximum absolute atomic E-state index is 12.2. The summed E-state index contributed by atoms with van der Waals surface area (Å²) >= 11 is 0. The fourth-order valence-electron chi connectivity index (χ4n) is 6.35. The molecule has 4 heteroatoms. The number of hydrogen-bond donors (Lipinski definition) is 2. The van der Waals surface area contributed by atoms with Crippen LogP contribution in [0.4, 0.5) is 0 Å². The normalized spacial score (nSPS) is 39.3. The predicted molar refractivity (Wildman–Crippen MR) is 94.9 cm³/mol. The molecule has 5 atom stereocenters. The Bertz CT molecular complexity index is 727. The Labute approximate surface area is 149 Å². The molecular weight excluding hydrogens is 316 g/mol. The molecule has 3 aliphatic rings. The lowest BCUT2D eigenvalue weighted by Crippen LogP contribution is -2.54. The van der Waals surface area contributed by atoms with Crippen molar-refractivity contribution in [3.63, 3.8) is 0 Å². The van der Waals surface area contributed by atoms with Crippen molar-refractivity contribution in [3.05, 3.63) is 23.3 Å². The number of phenols is 1. The second-order valence-corrected chi connectivity index (χ2v) is 8.55. The Morgan fingerprint density at radius 3 is 2.68 bits per heavy atom. The molecule has 0 radical (unpaired) electrons. The molecule has 2 N–H and O–H groups in total. The minimum Gasteiger partial charge on any atom is -0.504 e. The molecule has 1 aromatic carbocycles. The minimum atomic E-state index is -1.16. The average Bonchev–Trinajstić information content (AvgIpc) is 2.87. The highest BCUT2D eigenvalue weighted by molar-refractivity contribution is 5.86. The number of methoxy groups -OCH3 is 1. The molecule has 3 aliphatic carbocycles. The van der Waals surface area contributed by atoms with Crippen LogP contribution in [0, 0.1) is 17.3 Å². The Kier molecular flexibility index (Phi) is 3.70. The highest BCUT2D eigenvalue weighted by Gasteiger charge is 2.63. The zero-order valence-electron chi connectivity index (χ0n) is 15.3. The van der Waals surface area contributed by atoms with Crippen LogP contribution in [0.3, 0.4) is 0 Å². The van der Waals surface area contributed by atoms with Crippen LogP contribution in [-0.2, 0) is 11.2 Å². The Balaban J connectivity index is 1.72. The third kappa shape index (κ3) is 2.13. The zero-order chi connectivity index (χ0) is 18.0. The number of fused-ring (bicyclic) bond motifs is 5. The van der Waals surface area contributed by atoms with E-state index in [-0.39, 0.29) is 16.9 Å². The van der Waals surface area contributed by atoms with Crippen LogP contribution >= 0.6 is 0 Å². The standard InChI is InChI=1S/C21H28O4/c1-12(22)21(24)9-7-17-15-5-4-13-10-18(23)19(25-3)11-16(13)14(15)6-8-20(17,21)2/h10-11,14-15,17,23-24H,4-9H2,1-3H3/t14-,15+,17-,20-,21?/m0/s1. The van der Waals surface area contributed by atoms with E-state index >= 15 is 0 Å². The number of aliphatic hydroxyl groups is 1. The molecule has 2 fully saturated rings. The van der Waals surface area contributed by atoms with Gasteiger partial charge in [0.05, 0.1) is 7.11 Å². The topological polar surface area (TPSA) is 66.8 Å². The van der Waals surface area contributed by atoms with Crippen LogP contribution < -0.4 is 4.74 Å². The Morgan fingerprint density at radius 1 is 1.24 bits per heavy atom. The van der Waals surface area contributed by atoms with Gasteiger partial charge in [0.25, 0.3) is 0 Å². The first-order valence-electron chi connectivity index (χ1n) is 9.45. The summed E-state index contributed by atoms with van der Waals surface area (Å²) in [5, 5.41) is 21.2. The first-order valence-corrected chi connectivity index (χ1v) is 9.45. The van der Waals surface area contributed by atoms with Crippen molar-refractivity contribution in [1.82, 2.24) is 0 Å². The van der Waals surface area contributed by atoms with E-state index in [2.05, 4.69) is 6.92 Å². The molecule has 0 saturated heterocycles. The summed E-state index contributed by atoms with van der Waals surface area (Å²) in [7, 11) is 1.59. The molecule has 1 unspecified atom stereocenters. The van der Waals surface area contributed by atoms with Crippen LogP contribution in [0.15, 0.2) is 12.1 Å². The molecule has 136 valence electrons. The molecule has 0 spiro atoms. The molecule has 0 aromatic heterocycles. The second-order valence-electron chi connectivity index (χ2n) is 8.55. The molecule has 2 saturated carbocycles. The number of hydrogen-bond acceptors (Lipinski definition) is 4. The van der Waals surface area contributed by atoms with Crippen molar-refractivity contribution in [1.29, 1.82) is 0 Å². The second kappa shape index (κ2) is 5.47. The third-order valence-electron chi connectivity index (χ3n) is 7.76. The predicted octanol–water partition coefficient (Wildman–Crippen LogP) is 3.58. The van der Waals surface area contributed by atoms with Gasteiger partial charge in [-0.3, -0.25) is 4.79 Å². The number of carbonyl (C=O) groups excluding carboxylic acids is 1. The molecule has 0 aliphatic heterocycles. The van der Waals surface area contributed by atoms with Crippen molar-refractivity contribution in [3.8, 4) is 11.5 Å². The third-order valence-corrected chi connectivity index (χ3v) is 7.76. The molecule has 4 rings (SSSR count). The maximum atomic E-state index is 12.2. The van der Waals surface area contributed by atoms with E-state index in [0.717, 1.165) is 32.1 Å². The van der Waals surface area contributed by atoms with E-state index in [0.29, 0.717) is 29.9 Å². The van der Waals surface area contributed by atoms with Crippen molar-refractivity contribution in [2.45, 2.75) is 63.9 Å². The van der Waals surface area contributed by atoms with E-state index < -0.39 is 5.60 Å². The highest BCUT2D eigenvalue weighted by Crippen LogP contribution is 2.64. The maximum Gasteiger partial charge on any atom is 0.161 e. The summed E-state index contributed by atoms with van der Waals surface area (Å²) < 4.78 is 5.33. The summed E-state index contributed by atoms with van der Waals surface area (Å²) in [5.74, 6) is 2.00. The Hall–Kier alpha value is -1.55. The number of Topliss-reactive ketones (excluding diaryl/α,β-unsaturated/α-hetero) is 1. The molecular formula is C21H28O4. The first kappa shape index (κ1) is 16.9. The van der Waals surface area contributed by atoms with Gasteiger partial charge in [0.15, 0.2) is 17.3 Å². The largest absolute Gasteiger partial charge is 0.504 e. The van der Waals surface area contributed by atoms with Crippen LogP contribution in [0.5, 0.6) is 11.5 Å². The summed E-state index contributed by atoms with van der Waals surface area (Å²) in [4.78, 5) is 12.2. The molecule has 1 aromatic rings. The van der Waals surface area contributed by atoms with Gasteiger partial charge in [-0.25, -0.2) is 0 Å². The monoisotopic (exact) mass is 344 g/mol. The number of benzene rings is 1. The lowest BCUT2D eigenvalue weighted by Gasteiger charge is -2.52. The summed E-state index contributed by atoms with van der Waals surface area (Å²) in [6, 6.07) is 3.87. The van der Waals surface area contributed by atoms with Crippen LogP contribution in [0.25, 0.3) is 0 Å². The number of ether oxygens (including phenoxy) is 1. The fraction of sp³-hybridized carbons (Fsp3) is 0.667. The van der Waals surface area contributed by atoms with Crippen LogP contribution in [0.1, 0.15) is 63.0 Å². The van der Waals surface area contributed by atoms with Gasteiger partial charge in [-0.1, -0.05) is 6.92 Å². The van der Waals surface area contributed by atoms with E-state index in [9.17, 15) is 15.0 Å². The lowest BCUT2D eigenvalue weighted by atomic mass is 9.53. The van der Waals surface area contributed by atoms with Gasteiger partial charge in [0.1, 0.15) is 5.60 Å². The molecule has 0 bridgehead atoms. The number of phenolic OH excluding ortho intramolecular Hbond substituents is 1. The van der Waals surface area contributed by atoms with E-state index in [1.54, 1.807) is 14.0 Å². The van der Waals surface area contributed by atoms with Gasteiger partial charge < -0.3 is 14.9 Å².